The highest BCUT2D eigenvalue weighted by Gasteiger charge is 2.29. The van der Waals surface area contributed by atoms with E-state index in [0.717, 1.165) is 37.4 Å². The van der Waals surface area contributed by atoms with Crippen molar-refractivity contribution in [2.75, 3.05) is 0 Å². The average Bonchev–Trinajstić information content (AvgIpc) is 2.60. The maximum absolute atomic E-state index is 12.3. The zero-order valence-corrected chi connectivity index (χ0v) is 14.8. The lowest BCUT2D eigenvalue weighted by Crippen LogP contribution is -2.36. The van der Waals surface area contributed by atoms with Crippen molar-refractivity contribution in [1.82, 2.24) is 5.48 Å². The zero-order valence-electron chi connectivity index (χ0n) is 14.0. The molecule has 2 atom stereocenters. The molecule has 1 N–H and O–H groups in total. The van der Waals surface area contributed by atoms with Gasteiger partial charge in [0.05, 0.1) is 5.56 Å². The third kappa shape index (κ3) is 4.75. The molecule has 1 aromatic rings. The Labute approximate surface area is 146 Å². The molecule has 0 aliphatic heterocycles. The Hall–Kier alpha value is -2.00. The second-order valence-corrected chi connectivity index (χ2v) is 7.24. The number of amides is 1. The summed E-state index contributed by atoms with van der Waals surface area (Å²) < 4.78 is 0. The summed E-state index contributed by atoms with van der Waals surface area (Å²) in [7, 11) is 0. The van der Waals surface area contributed by atoms with Crippen molar-refractivity contribution in [3.8, 4) is 5.40 Å². The van der Waals surface area contributed by atoms with Crippen LogP contribution in [0, 0.1) is 28.4 Å². The number of hydroxylamine groups is 1. The zero-order chi connectivity index (χ0) is 17.5. The summed E-state index contributed by atoms with van der Waals surface area (Å²) in [5, 5.41) is 10.7. The predicted octanol–water partition coefficient (Wildman–Crippen LogP) is 3.91. The van der Waals surface area contributed by atoms with Crippen molar-refractivity contribution in [2.24, 2.45) is 17.8 Å². The van der Waals surface area contributed by atoms with E-state index >= 15 is 0 Å². The van der Waals surface area contributed by atoms with Crippen LogP contribution < -0.4 is 5.48 Å². The minimum atomic E-state index is -0.655. The number of hydrogen-bond acceptors (Lipinski definition) is 5. The Balaban J connectivity index is 1.92. The van der Waals surface area contributed by atoms with Gasteiger partial charge in [-0.25, -0.2) is 4.79 Å². The topological polar surface area (TPSA) is 79.2 Å². The average molecular weight is 346 g/mol. The summed E-state index contributed by atoms with van der Waals surface area (Å²) in [6.45, 7) is 4.35. The highest BCUT2D eigenvalue weighted by atomic mass is 32.2. The molecule has 24 heavy (non-hydrogen) atoms. The molecule has 0 saturated heterocycles. The first-order valence-electron chi connectivity index (χ1n) is 8.19. The van der Waals surface area contributed by atoms with Gasteiger partial charge in [0.1, 0.15) is 5.40 Å². The molecule has 1 aliphatic carbocycles. The molecule has 1 fully saturated rings. The summed E-state index contributed by atoms with van der Waals surface area (Å²) in [4.78, 5) is 29.9. The van der Waals surface area contributed by atoms with Crippen molar-refractivity contribution in [1.29, 1.82) is 5.26 Å². The number of nitrogens with one attached hydrogen (secondary N) is 1. The van der Waals surface area contributed by atoms with Crippen molar-refractivity contribution in [3.63, 3.8) is 0 Å². The molecule has 2 rings (SSSR count). The van der Waals surface area contributed by atoms with E-state index in [0.29, 0.717) is 16.7 Å². The van der Waals surface area contributed by atoms with Gasteiger partial charge < -0.3 is 4.84 Å². The molecule has 0 heterocycles. The largest absolute Gasteiger partial charge is 0.364 e. The van der Waals surface area contributed by atoms with Crippen molar-refractivity contribution >= 4 is 23.6 Å². The summed E-state index contributed by atoms with van der Waals surface area (Å²) in [6, 6.07) is 6.67. The van der Waals surface area contributed by atoms with Gasteiger partial charge in [0, 0.05) is 10.8 Å². The van der Waals surface area contributed by atoms with Crippen molar-refractivity contribution < 1.29 is 14.4 Å². The number of hydrogen-bond donors (Lipinski definition) is 1. The SMILES string of the molecule is CC(C)C1CCCC(C(=O)NOC(=O)c2ccccc2SC#N)C1. The molecule has 1 amide bonds. The van der Waals surface area contributed by atoms with Gasteiger partial charge in [-0.1, -0.05) is 38.8 Å². The van der Waals surface area contributed by atoms with E-state index in [1.807, 2.05) is 5.40 Å². The maximum Gasteiger partial charge on any atom is 0.364 e. The number of carbonyl (C=O) groups is 2. The van der Waals surface area contributed by atoms with Gasteiger partial charge in [0.25, 0.3) is 5.91 Å². The van der Waals surface area contributed by atoms with Crippen LogP contribution in [0.25, 0.3) is 0 Å². The third-order valence-corrected chi connectivity index (χ3v) is 5.20. The van der Waals surface area contributed by atoms with Crippen molar-refractivity contribution in [3.05, 3.63) is 29.8 Å². The van der Waals surface area contributed by atoms with Crippen LogP contribution >= 0.6 is 11.8 Å². The maximum atomic E-state index is 12.3. The first-order chi connectivity index (χ1) is 11.5. The van der Waals surface area contributed by atoms with Crippen molar-refractivity contribution in [2.45, 2.75) is 44.4 Å². The second kappa shape index (κ2) is 8.74. The Bertz CT molecular complexity index is 639. The van der Waals surface area contributed by atoms with Gasteiger partial charge in [-0.15, -0.1) is 0 Å². The Morgan fingerprint density at radius 2 is 2.08 bits per heavy atom. The summed E-state index contributed by atoms with van der Waals surface area (Å²) in [6.07, 6.45) is 3.84. The van der Waals surface area contributed by atoms with Crippen LogP contribution in [-0.4, -0.2) is 11.9 Å². The number of carbonyl (C=O) groups excluding carboxylic acids is 2. The van der Waals surface area contributed by atoms with Crippen LogP contribution in [0.15, 0.2) is 29.2 Å². The van der Waals surface area contributed by atoms with Crippen LogP contribution in [0.5, 0.6) is 0 Å². The van der Waals surface area contributed by atoms with Crippen LogP contribution in [0.2, 0.25) is 0 Å². The minimum absolute atomic E-state index is 0.109. The highest BCUT2D eigenvalue weighted by molar-refractivity contribution is 8.03. The summed E-state index contributed by atoms with van der Waals surface area (Å²) in [5.41, 5.74) is 2.57. The molecule has 5 nitrogen and oxygen atoms in total. The van der Waals surface area contributed by atoms with Gasteiger partial charge in [0.2, 0.25) is 0 Å². The lowest BCUT2D eigenvalue weighted by Gasteiger charge is -2.30. The molecule has 1 aromatic carbocycles. The second-order valence-electron chi connectivity index (χ2n) is 6.41. The first kappa shape index (κ1) is 18.3. The van der Waals surface area contributed by atoms with E-state index in [9.17, 15) is 9.59 Å². The molecule has 0 bridgehead atoms. The fourth-order valence-corrected chi connectivity index (χ4v) is 3.59. The predicted molar refractivity (Wildman–Crippen MR) is 91.8 cm³/mol. The number of thioether (sulfide) groups is 1. The van der Waals surface area contributed by atoms with E-state index in [2.05, 4.69) is 19.3 Å². The standard InChI is InChI=1S/C18H22N2O3S/c1-12(2)13-6-5-7-14(10-13)17(21)20-23-18(22)15-8-3-4-9-16(15)24-11-19/h3-4,8-9,12-14H,5-7,10H2,1-2H3,(H,20,21). The Morgan fingerprint density at radius 1 is 1.33 bits per heavy atom. The number of benzene rings is 1. The normalized spacial score (nSPS) is 20.2. The molecular formula is C18H22N2O3S. The quantitative estimate of drug-likeness (QED) is 0.508. The molecule has 0 radical (unpaired) electrons. The van der Waals surface area contributed by atoms with Gasteiger partial charge in [-0.3, -0.25) is 4.79 Å². The summed E-state index contributed by atoms with van der Waals surface area (Å²) >= 11 is 0.888. The highest BCUT2D eigenvalue weighted by Crippen LogP contribution is 2.33. The molecule has 2 unspecified atom stereocenters. The molecule has 128 valence electrons. The fourth-order valence-electron chi connectivity index (χ4n) is 3.08. The molecule has 1 saturated carbocycles. The third-order valence-electron chi connectivity index (χ3n) is 4.54. The number of rotatable bonds is 4. The molecule has 6 heteroatoms. The van der Waals surface area contributed by atoms with E-state index in [-0.39, 0.29) is 17.4 Å². The lowest BCUT2D eigenvalue weighted by atomic mass is 9.76. The van der Waals surface area contributed by atoms with Crippen LogP contribution in [0.1, 0.15) is 49.9 Å². The van der Waals surface area contributed by atoms with Crippen LogP contribution in [0.3, 0.4) is 0 Å². The minimum Gasteiger partial charge on any atom is -0.335 e. The van der Waals surface area contributed by atoms with Gasteiger partial charge in [0.15, 0.2) is 0 Å². The molecule has 1 aliphatic rings. The first-order valence-corrected chi connectivity index (χ1v) is 9.00. The van der Waals surface area contributed by atoms with Gasteiger partial charge in [-0.05, 0) is 48.6 Å². The molecule has 0 spiro atoms. The monoisotopic (exact) mass is 346 g/mol. The smallest absolute Gasteiger partial charge is 0.335 e. The van der Waals surface area contributed by atoms with E-state index in [4.69, 9.17) is 10.1 Å². The molecule has 0 aromatic heterocycles. The van der Waals surface area contributed by atoms with Crippen LogP contribution in [0.4, 0.5) is 0 Å². The fraction of sp³-hybridized carbons (Fsp3) is 0.500. The van der Waals surface area contributed by atoms with E-state index in [1.165, 1.54) is 0 Å². The Kier molecular flexibility index (Phi) is 6.68. The van der Waals surface area contributed by atoms with Gasteiger partial charge in [-0.2, -0.15) is 10.7 Å². The van der Waals surface area contributed by atoms with E-state index in [1.54, 1.807) is 24.3 Å². The van der Waals surface area contributed by atoms with Gasteiger partial charge >= 0.3 is 5.97 Å². The Morgan fingerprint density at radius 3 is 2.79 bits per heavy atom. The molecular weight excluding hydrogens is 324 g/mol. The lowest BCUT2D eigenvalue weighted by molar-refractivity contribution is -0.135. The number of thiocyanates is 1. The summed E-state index contributed by atoms with van der Waals surface area (Å²) in [5.74, 6) is 0.0932. The van der Waals surface area contributed by atoms with Crippen LogP contribution in [-0.2, 0) is 9.63 Å². The van der Waals surface area contributed by atoms with E-state index < -0.39 is 5.97 Å². The number of nitriles is 1. The number of nitrogens with zero attached hydrogens (tertiary/aromatic N) is 1.